The van der Waals surface area contributed by atoms with Gasteiger partial charge in [0.25, 0.3) is 0 Å². The molecule has 196 valence electrons. The fraction of sp³-hybridized carbons (Fsp3) is 0.379. The zero-order valence-electron chi connectivity index (χ0n) is 22.0. The quantitative estimate of drug-likeness (QED) is 0.142. The van der Waals surface area contributed by atoms with Gasteiger partial charge in [0.1, 0.15) is 23.1 Å². The molecule has 0 saturated carbocycles. The molecule has 0 bridgehead atoms. The van der Waals surface area contributed by atoms with Crippen LogP contribution in [0, 0.1) is 0 Å². The average Bonchev–Trinajstić information content (AvgIpc) is 3.23. The summed E-state index contributed by atoms with van der Waals surface area (Å²) in [6, 6.07) is 9.59. The molecule has 37 heavy (non-hydrogen) atoms. The normalized spacial score (nSPS) is 12.4. The van der Waals surface area contributed by atoms with Crippen LogP contribution in [-0.4, -0.2) is 40.1 Å². The summed E-state index contributed by atoms with van der Waals surface area (Å²) in [6.07, 6.45) is 8.58. The smallest absolute Gasteiger partial charge is 0.306 e. The number of amides is 1. The number of furan rings is 1. The summed E-state index contributed by atoms with van der Waals surface area (Å²) in [7, 11) is 0. The van der Waals surface area contributed by atoms with Gasteiger partial charge >= 0.3 is 5.97 Å². The van der Waals surface area contributed by atoms with E-state index in [0.29, 0.717) is 47.7 Å². The van der Waals surface area contributed by atoms with Crippen molar-refractivity contribution in [2.75, 3.05) is 6.54 Å². The van der Waals surface area contributed by atoms with Crippen molar-refractivity contribution in [1.82, 2.24) is 15.3 Å². The summed E-state index contributed by atoms with van der Waals surface area (Å²) in [5.74, 6) is 0.491. The van der Waals surface area contributed by atoms with Crippen LogP contribution in [0.25, 0.3) is 28.5 Å². The van der Waals surface area contributed by atoms with E-state index >= 15 is 0 Å². The molecule has 0 aliphatic carbocycles. The van der Waals surface area contributed by atoms with Crippen molar-refractivity contribution in [2.45, 2.75) is 65.1 Å². The number of rotatable bonds is 12. The van der Waals surface area contributed by atoms with Crippen molar-refractivity contribution in [1.29, 1.82) is 0 Å². The van der Waals surface area contributed by atoms with Crippen LogP contribution in [0.3, 0.4) is 0 Å². The number of fused-ring (bicyclic) bond motifs is 1. The van der Waals surface area contributed by atoms with Gasteiger partial charge in [0, 0.05) is 30.2 Å². The summed E-state index contributed by atoms with van der Waals surface area (Å²) in [6.45, 7) is 11.5. The van der Waals surface area contributed by atoms with E-state index in [2.05, 4.69) is 21.9 Å². The molecule has 0 radical (unpaired) electrons. The molecule has 8 heteroatoms. The maximum Gasteiger partial charge on any atom is 0.306 e. The third-order valence-corrected chi connectivity index (χ3v) is 5.32. The van der Waals surface area contributed by atoms with Gasteiger partial charge in [-0.1, -0.05) is 36.4 Å². The Bertz CT molecular complexity index is 1240. The summed E-state index contributed by atoms with van der Waals surface area (Å²) in [4.78, 5) is 32.9. The van der Waals surface area contributed by atoms with Crippen LogP contribution in [0.15, 0.2) is 59.8 Å². The topological polar surface area (TPSA) is 104 Å². The lowest BCUT2D eigenvalue weighted by Crippen LogP contribution is -2.23. The molecule has 0 aliphatic rings. The van der Waals surface area contributed by atoms with Crippen LogP contribution in [0.1, 0.15) is 58.9 Å². The van der Waals surface area contributed by atoms with Crippen molar-refractivity contribution < 1.29 is 23.5 Å². The fourth-order valence-electron chi connectivity index (χ4n) is 3.71. The molecule has 1 aromatic carbocycles. The van der Waals surface area contributed by atoms with E-state index < -0.39 is 5.60 Å². The van der Waals surface area contributed by atoms with Crippen molar-refractivity contribution in [2.24, 2.45) is 0 Å². The molecule has 0 aliphatic heterocycles. The average molecular weight is 506 g/mol. The molecule has 0 unspecified atom stereocenters. The zero-order chi connectivity index (χ0) is 26.8. The summed E-state index contributed by atoms with van der Waals surface area (Å²) < 4.78 is 17.7. The molecule has 2 heterocycles. The lowest BCUT2D eigenvalue weighted by Gasteiger charge is -2.19. The Labute approximate surface area is 217 Å². The monoisotopic (exact) mass is 505 g/mol. The first-order chi connectivity index (χ1) is 17.7. The number of nitrogens with one attached hydrogen (secondary N) is 1. The molecule has 2 aromatic heterocycles. The number of unbranched alkanes of at least 4 members (excludes halogenated alkanes) is 1. The second kappa shape index (κ2) is 12.9. The summed E-state index contributed by atoms with van der Waals surface area (Å²) in [5.41, 5.74) is 1.38. The molecule has 0 spiro atoms. The first kappa shape index (κ1) is 27.6. The first-order valence-electron chi connectivity index (χ1n) is 12.5. The molecule has 3 aromatic rings. The molecular formula is C29H35N3O5. The van der Waals surface area contributed by atoms with Gasteiger partial charge < -0.3 is 19.2 Å². The van der Waals surface area contributed by atoms with Gasteiger partial charge in [-0.3, -0.25) is 9.59 Å². The molecule has 0 fully saturated rings. The van der Waals surface area contributed by atoms with E-state index in [0.717, 1.165) is 18.4 Å². The van der Waals surface area contributed by atoms with E-state index in [1.807, 2.05) is 58.0 Å². The van der Waals surface area contributed by atoms with Crippen LogP contribution < -0.4 is 10.1 Å². The van der Waals surface area contributed by atoms with Crippen molar-refractivity contribution in [3.8, 4) is 17.2 Å². The van der Waals surface area contributed by atoms with Gasteiger partial charge in [-0.2, -0.15) is 0 Å². The number of hydrogen-bond donors (Lipinski definition) is 1. The van der Waals surface area contributed by atoms with Crippen molar-refractivity contribution in [3.05, 3.63) is 61.0 Å². The Morgan fingerprint density at radius 1 is 1.16 bits per heavy atom. The molecule has 1 amide bonds. The summed E-state index contributed by atoms with van der Waals surface area (Å²) >= 11 is 0. The number of ether oxygens (including phenoxy) is 2. The highest BCUT2D eigenvalue weighted by Crippen LogP contribution is 2.38. The lowest BCUT2D eigenvalue weighted by molar-refractivity contribution is -0.155. The largest absolute Gasteiger partial charge is 0.474 e. The number of carbonyl (C=O) groups is 2. The van der Waals surface area contributed by atoms with Crippen LogP contribution in [0.4, 0.5) is 0 Å². The van der Waals surface area contributed by atoms with Gasteiger partial charge in [-0.15, -0.1) is 6.58 Å². The van der Waals surface area contributed by atoms with Gasteiger partial charge in [-0.05, 0) is 53.0 Å². The molecule has 0 saturated heterocycles. The standard InChI is InChI=1S/C29H35N3O5/c1-6-18-30-23(33)17-16-22-25-27(35-20(2)12-10-11-15-24(34)37-29(3,4)5)31-19-32-28(25)36-26(22)21-13-8-7-9-14-21/h6-9,13-14,16-17,19-20H,1,10-12,15,18H2,2-5H3,(H,30,33)/t20-/m1/s1. The third kappa shape index (κ3) is 8.31. The van der Waals surface area contributed by atoms with E-state index in [1.54, 1.807) is 12.2 Å². The molecule has 8 nitrogen and oxygen atoms in total. The Morgan fingerprint density at radius 3 is 2.62 bits per heavy atom. The van der Waals surface area contributed by atoms with Crippen LogP contribution in [0.5, 0.6) is 5.88 Å². The minimum absolute atomic E-state index is 0.167. The summed E-state index contributed by atoms with van der Waals surface area (Å²) in [5, 5.41) is 3.32. The van der Waals surface area contributed by atoms with Crippen molar-refractivity contribution >= 4 is 29.1 Å². The number of hydrogen-bond acceptors (Lipinski definition) is 7. The van der Waals surface area contributed by atoms with Gasteiger partial charge in [0.2, 0.25) is 17.5 Å². The van der Waals surface area contributed by atoms with E-state index in [1.165, 1.54) is 12.4 Å². The SMILES string of the molecule is C=CCNC(=O)C=Cc1c(-c2ccccc2)oc2ncnc(O[C@H](C)CCCCC(=O)OC(C)(C)C)c12. The first-order valence-corrected chi connectivity index (χ1v) is 12.5. The highest BCUT2D eigenvalue weighted by atomic mass is 16.6. The van der Waals surface area contributed by atoms with Crippen LogP contribution in [-0.2, 0) is 14.3 Å². The molecule has 3 rings (SSSR count). The Morgan fingerprint density at radius 2 is 1.92 bits per heavy atom. The van der Waals surface area contributed by atoms with E-state index in [9.17, 15) is 9.59 Å². The molecule has 1 N–H and O–H groups in total. The highest BCUT2D eigenvalue weighted by Gasteiger charge is 2.21. The highest BCUT2D eigenvalue weighted by molar-refractivity contribution is 6.00. The third-order valence-electron chi connectivity index (χ3n) is 5.32. The van der Waals surface area contributed by atoms with Crippen LogP contribution in [0.2, 0.25) is 0 Å². The van der Waals surface area contributed by atoms with E-state index in [-0.39, 0.29) is 18.0 Å². The number of carbonyl (C=O) groups excluding carboxylic acids is 2. The minimum atomic E-state index is -0.479. The second-order valence-corrected chi connectivity index (χ2v) is 9.70. The number of benzene rings is 1. The predicted molar refractivity (Wildman–Crippen MR) is 144 cm³/mol. The number of nitrogens with zero attached hydrogens (tertiary/aromatic N) is 2. The maximum atomic E-state index is 12.2. The van der Waals surface area contributed by atoms with Gasteiger partial charge in [0.05, 0.1) is 6.10 Å². The lowest BCUT2D eigenvalue weighted by atomic mass is 10.1. The molecular weight excluding hydrogens is 470 g/mol. The number of aromatic nitrogens is 2. The second-order valence-electron chi connectivity index (χ2n) is 9.70. The number of esters is 1. The molecule has 1 atom stereocenters. The van der Waals surface area contributed by atoms with Crippen LogP contribution >= 0.6 is 0 Å². The Hall–Kier alpha value is -3.94. The zero-order valence-corrected chi connectivity index (χ0v) is 22.0. The van der Waals surface area contributed by atoms with E-state index in [4.69, 9.17) is 13.9 Å². The Kier molecular flexibility index (Phi) is 9.60. The predicted octanol–water partition coefficient (Wildman–Crippen LogP) is 5.87. The van der Waals surface area contributed by atoms with Gasteiger partial charge in [-0.25, -0.2) is 9.97 Å². The Balaban J connectivity index is 1.79. The maximum absolute atomic E-state index is 12.2. The fourth-order valence-corrected chi connectivity index (χ4v) is 3.71. The van der Waals surface area contributed by atoms with Gasteiger partial charge in [0.15, 0.2) is 0 Å². The van der Waals surface area contributed by atoms with Crippen molar-refractivity contribution in [3.63, 3.8) is 0 Å². The minimum Gasteiger partial charge on any atom is -0.474 e.